The van der Waals surface area contributed by atoms with E-state index in [9.17, 15) is 0 Å². The van der Waals surface area contributed by atoms with E-state index in [4.69, 9.17) is 0 Å². The Kier molecular flexibility index (Phi) is 3.68. The minimum atomic E-state index is 0.787. The average Bonchev–Trinajstić information content (AvgIpc) is 2.25. The molecule has 82 valence electrons. The fourth-order valence-electron chi connectivity index (χ4n) is 2.37. The summed E-state index contributed by atoms with van der Waals surface area (Å²) in [7, 11) is 0. The van der Waals surface area contributed by atoms with Gasteiger partial charge in [-0.15, -0.1) is 0 Å². The molecule has 0 fully saturated rings. The Morgan fingerprint density at radius 2 is 2.20 bits per heavy atom. The lowest BCUT2D eigenvalue weighted by Gasteiger charge is -2.34. The van der Waals surface area contributed by atoms with Crippen LogP contribution in [0.2, 0.25) is 0 Å². The molecule has 1 aliphatic rings. The molecule has 1 unspecified atom stereocenters. The van der Waals surface area contributed by atoms with Crippen molar-refractivity contribution >= 4 is 21.6 Å². The van der Waals surface area contributed by atoms with E-state index >= 15 is 0 Å². The maximum absolute atomic E-state index is 3.50. The maximum atomic E-state index is 3.50. The third kappa shape index (κ3) is 2.54. The zero-order chi connectivity index (χ0) is 10.7. The average molecular weight is 268 g/mol. The molecule has 0 N–H and O–H groups in total. The van der Waals surface area contributed by atoms with Crippen molar-refractivity contribution in [3.8, 4) is 0 Å². The van der Waals surface area contributed by atoms with Crippen molar-refractivity contribution in [2.75, 3.05) is 23.3 Å². The van der Waals surface area contributed by atoms with Gasteiger partial charge in [0.05, 0.1) is 0 Å². The van der Waals surface area contributed by atoms with E-state index in [1.807, 2.05) is 0 Å². The molecule has 0 radical (unpaired) electrons. The van der Waals surface area contributed by atoms with Crippen LogP contribution in [0.3, 0.4) is 0 Å². The van der Waals surface area contributed by atoms with E-state index in [0.717, 1.165) is 11.2 Å². The van der Waals surface area contributed by atoms with Crippen molar-refractivity contribution in [2.24, 2.45) is 5.92 Å². The fourth-order valence-corrected chi connectivity index (χ4v) is 2.62. The maximum Gasteiger partial charge on any atom is 0.0398 e. The number of anilines is 1. The minimum absolute atomic E-state index is 0.787. The van der Waals surface area contributed by atoms with E-state index in [-0.39, 0.29) is 0 Å². The number of alkyl halides is 1. The van der Waals surface area contributed by atoms with Gasteiger partial charge in [-0.1, -0.05) is 41.1 Å². The third-order valence-electron chi connectivity index (χ3n) is 2.99. The molecule has 0 amide bonds. The topological polar surface area (TPSA) is 3.24 Å². The molecule has 0 saturated carbocycles. The molecule has 1 aromatic carbocycles. The monoisotopic (exact) mass is 267 g/mol. The Hall–Kier alpha value is -0.500. The predicted octanol–water partition coefficient (Wildman–Crippen LogP) is 3.47. The Balaban J connectivity index is 2.18. The molecule has 0 spiro atoms. The predicted molar refractivity (Wildman–Crippen MR) is 69.9 cm³/mol. The first-order valence-corrected chi connectivity index (χ1v) is 6.82. The van der Waals surface area contributed by atoms with E-state index in [1.54, 1.807) is 0 Å². The number of para-hydroxylation sites is 1. The second-order valence-corrected chi connectivity index (χ2v) is 5.22. The second-order valence-electron chi connectivity index (χ2n) is 4.43. The molecule has 2 rings (SSSR count). The number of halogens is 1. The highest BCUT2D eigenvalue weighted by atomic mass is 79.9. The molecule has 1 heterocycles. The Labute approximate surface area is 101 Å². The van der Waals surface area contributed by atoms with Gasteiger partial charge < -0.3 is 4.90 Å². The molecule has 2 heteroatoms. The van der Waals surface area contributed by atoms with Crippen LogP contribution in [0, 0.1) is 5.92 Å². The van der Waals surface area contributed by atoms with Crippen LogP contribution < -0.4 is 4.90 Å². The summed E-state index contributed by atoms with van der Waals surface area (Å²) < 4.78 is 0. The summed E-state index contributed by atoms with van der Waals surface area (Å²) in [4.78, 5) is 2.53. The van der Waals surface area contributed by atoms with Gasteiger partial charge in [0.25, 0.3) is 0 Å². The van der Waals surface area contributed by atoms with Gasteiger partial charge in [-0.3, -0.25) is 0 Å². The number of nitrogens with zero attached hydrogens (tertiary/aromatic N) is 1. The number of hydrogen-bond donors (Lipinski definition) is 0. The first-order valence-electron chi connectivity index (χ1n) is 5.70. The summed E-state index contributed by atoms with van der Waals surface area (Å²) in [6.07, 6.45) is 2.46. The van der Waals surface area contributed by atoms with Gasteiger partial charge >= 0.3 is 0 Å². The van der Waals surface area contributed by atoms with Gasteiger partial charge in [-0.25, -0.2) is 0 Å². The van der Waals surface area contributed by atoms with Crippen molar-refractivity contribution < 1.29 is 0 Å². The summed E-state index contributed by atoms with van der Waals surface area (Å²) >= 11 is 3.50. The normalized spacial score (nSPS) is 20.1. The number of hydrogen-bond acceptors (Lipinski definition) is 1. The molecule has 0 bridgehead atoms. The van der Waals surface area contributed by atoms with Crippen LogP contribution in [-0.2, 0) is 6.42 Å². The number of benzene rings is 1. The van der Waals surface area contributed by atoms with Crippen LogP contribution in [0.25, 0.3) is 0 Å². The van der Waals surface area contributed by atoms with Gasteiger partial charge in [-0.2, -0.15) is 0 Å². The molecular weight excluding hydrogens is 250 g/mol. The largest absolute Gasteiger partial charge is 0.371 e. The first-order chi connectivity index (χ1) is 7.31. The van der Waals surface area contributed by atoms with Crippen LogP contribution in [0.15, 0.2) is 24.3 Å². The fraction of sp³-hybridized carbons (Fsp3) is 0.538. The number of fused-ring (bicyclic) bond motifs is 1. The summed E-state index contributed by atoms with van der Waals surface area (Å²) in [5, 5.41) is 1.10. The van der Waals surface area contributed by atoms with Crippen molar-refractivity contribution in [1.29, 1.82) is 0 Å². The molecule has 1 aromatic rings. The molecule has 1 nitrogen and oxygen atoms in total. The highest BCUT2D eigenvalue weighted by Crippen LogP contribution is 2.29. The van der Waals surface area contributed by atoms with Crippen LogP contribution >= 0.6 is 15.9 Å². The van der Waals surface area contributed by atoms with Crippen molar-refractivity contribution in [3.05, 3.63) is 29.8 Å². The molecule has 0 saturated heterocycles. The third-order valence-corrected chi connectivity index (χ3v) is 3.56. The van der Waals surface area contributed by atoms with Gasteiger partial charge in [0, 0.05) is 24.1 Å². The van der Waals surface area contributed by atoms with Crippen molar-refractivity contribution in [3.63, 3.8) is 0 Å². The van der Waals surface area contributed by atoms with Crippen molar-refractivity contribution in [1.82, 2.24) is 0 Å². The molecule has 0 aromatic heterocycles. The van der Waals surface area contributed by atoms with Crippen LogP contribution in [0.5, 0.6) is 0 Å². The van der Waals surface area contributed by atoms with Crippen LogP contribution in [-0.4, -0.2) is 18.4 Å². The molecule has 0 aliphatic carbocycles. The zero-order valence-corrected chi connectivity index (χ0v) is 10.8. The summed E-state index contributed by atoms with van der Waals surface area (Å²) in [5.41, 5.74) is 2.97. The zero-order valence-electron chi connectivity index (χ0n) is 9.25. The smallest absolute Gasteiger partial charge is 0.0398 e. The van der Waals surface area contributed by atoms with Gasteiger partial charge in [-0.05, 0) is 30.4 Å². The van der Waals surface area contributed by atoms with Crippen molar-refractivity contribution in [2.45, 2.75) is 19.8 Å². The standard InChI is InChI=1S/C13H18BrN/c1-11-9-12-5-2-3-6-13(12)15(10-11)8-4-7-14/h2-3,5-6,11H,4,7-10H2,1H3. The van der Waals surface area contributed by atoms with E-state index in [2.05, 4.69) is 52.0 Å². The van der Waals surface area contributed by atoms with E-state index in [0.29, 0.717) is 0 Å². The van der Waals surface area contributed by atoms with Gasteiger partial charge in [0.1, 0.15) is 0 Å². The van der Waals surface area contributed by atoms with E-state index in [1.165, 1.54) is 37.2 Å². The van der Waals surface area contributed by atoms with Crippen LogP contribution in [0.4, 0.5) is 5.69 Å². The molecular formula is C13H18BrN. The molecule has 15 heavy (non-hydrogen) atoms. The number of rotatable bonds is 3. The minimum Gasteiger partial charge on any atom is -0.371 e. The van der Waals surface area contributed by atoms with E-state index < -0.39 is 0 Å². The lowest BCUT2D eigenvalue weighted by Crippen LogP contribution is -2.35. The quantitative estimate of drug-likeness (QED) is 0.759. The SMILES string of the molecule is CC1Cc2ccccc2N(CCCBr)C1. The Bertz CT molecular complexity index is 324. The van der Waals surface area contributed by atoms with Crippen LogP contribution in [0.1, 0.15) is 18.9 Å². The molecule has 1 aliphatic heterocycles. The summed E-state index contributed by atoms with van der Waals surface area (Å²) in [6, 6.07) is 8.83. The summed E-state index contributed by atoms with van der Waals surface area (Å²) in [5.74, 6) is 0.787. The second kappa shape index (κ2) is 5.02. The highest BCUT2D eigenvalue weighted by Gasteiger charge is 2.20. The Morgan fingerprint density at radius 1 is 1.40 bits per heavy atom. The van der Waals surface area contributed by atoms with Gasteiger partial charge in [0.15, 0.2) is 0 Å². The first kappa shape index (κ1) is 11.0. The Morgan fingerprint density at radius 3 is 3.00 bits per heavy atom. The summed E-state index contributed by atoms with van der Waals surface area (Å²) in [6.45, 7) is 4.73. The highest BCUT2D eigenvalue weighted by molar-refractivity contribution is 9.09. The van der Waals surface area contributed by atoms with Gasteiger partial charge in [0.2, 0.25) is 0 Å². The molecule has 1 atom stereocenters. The lowest BCUT2D eigenvalue weighted by atomic mass is 9.94. The lowest BCUT2D eigenvalue weighted by molar-refractivity contribution is 0.530.